The predicted octanol–water partition coefficient (Wildman–Crippen LogP) is 1.45. The minimum Gasteiger partial charge on any atom is -0.361 e. The van der Waals surface area contributed by atoms with Crippen molar-refractivity contribution in [2.75, 3.05) is 5.32 Å². The second-order valence-corrected chi connectivity index (χ2v) is 4.45. The first-order valence-electron chi connectivity index (χ1n) is 6.28. The van der Waals surface area contributed by atoms with Crippen LogP contribution in [0.15, 0.2) is 55.0 Å². The van der Waals surface area contributed by atoms with Gasteiger partial charge in [-0.25, -0.2) is 0 Å². The van der Waals surface area contributed by atoms with Gasteiger partial charge in [0.05, 0.1) is 11.2 Å². The third-order valence-electron chi connectivity index (χ3n) is 3.12. The largest absolute Gasteiger partial charge is 0.361 e. The number of nitrogens with zero attached hydrogens (tertiary/aromatic N) is 2. The van der Waals surface area contributed by atoms with E-state index in [1.165, 1.54) is 0 Å². The molecule has 0 saturated heterocycles. The summed E-state index contributed by atoms with van der Waals surface area (Å²) in [6.07, 6.45) is 5.12. The van der Waals surface area contributed by atoms with Crippen LogP contribution in [-0.4, -0.2) is 21.4 Å². The van der Waals surface area contributed by atoms with Crippen LogP contribution in [0.3, 0.4) is 0 Å². The Labute approximate surface area is 120 Å². The monoisotopic (exact) mass is 280 g/mol. The van der Waals surface area contributed by atoms with Crippen molar-refractivity contribution in [3.63, 3.8) is 0 Å². The van der Waals surface area contributed by atoms with E-state index in [0.717, 1.165) is 16.6 Å². The minimum absolute atomic E-state index is 0.534. The summed E-state index contributed by atoms with van der Waals surface area (Å²) < 4.78 is 1.91. The fourth-order valence-corrected chi connectivity index (χ4v) is 2.18. The van der Waals surface area contributed by atoms with Gasteiger partial charge in [0, 0.05) is 29.7 Å². The van der Waals surface area contributed by atoms with Crippen molar-refractivity contribution in [1.82, 2.24) is 9.55 Å². The number of para-hydroxylation sites is 1. The number of anilines is 1. The molecule has 104 valence electrons. The first-order valence-corrected chi connectivity index (χ1v) is 6.28. The number of pyridine rings is 1. The number of rotatable bonds is 2. The van der Waals surface area contributed by atoms with Gasteiger partial charge in [0.25, 0.3) is 0 Å². The Bertz CT molecular complexity index is 824. The van der Waals surface area contributed by atoms with E-state index in [-0.39, 0.29) is 0 Å². The first kappa shape index (κ1) is 12.9. The number of nitrogens with two attached hydrogens (primary N) is 1. The topological polar surface area (TPSA) is 90.0 Å². The first-order chi connectivity index (χ1) is 10.2. The molecule has 0 aliphatic heterocycles. The van der Waals surface area contributed by atoms with Gasteiger partial charge in [0.2, 0.25) is 0 Å². The number of aromatic nitrogens is 2. The van der Waals surface area contributed by atoms with Crippen molar-refractivity contribution in [2.45, 2.75) is 0 Å². The smallest absolute Gasteiger partial charge is 0.313 e. The van der Waals surface area contributed by atoms with Gasteiger partial charge in [-0.2, -0.15) is 0 Å². The lowest BCUT2D eigenvalue weighted by Crippen LogP contribution is -2.29. The Hall–Kier alpha value is -3.15. The van der Waals surface area contributed by atoms with E-state index in [9.17, 15) is 9.59 Å². The highest BCUT2D eigenvalue weighted by atomic mass is 16.2. The zero-order valence-corrected chi connectivity index (χ0v) is 11.0. The van der Waals surface area contributed by atoms with E-state index in [1.807, 2.05) is 41.0 Å². The Morgan fingerprint density at radius 2 is 1.81 bits per heavy atom. The molecule has 2 aromatic heterocycles. The number of hydrogen-bond acceptors (Lipinski definition) is 3. The molecule has 21 heavy (non-hydrogen) atoms. The Morgan fingerprint density at radius 3 is 2.52 bits per heavy atom. The average molecular weight is 280 g/mol. The average Bonchev–Trinajstić information content (AvgIpc) is 2.87. The summed E-state index contributed by atoms with van der Waals surface area (Å²) in [7, 11) is 0. The molecule has 1 aromatic carbocycles. The van der Waals surface area contributed by atoms with E-state index in [0.29, 0.717) is 5.69 Å². The van der Waals surface area contributed by atoms with Crippen LogP contribution in [0, 0.1) is 0 Å². The van der Waals surface area contributed by atoms with Gasteiger partial charge in [-0.3, -0.25) is 14.6 Å². The van der Waals surface area contributed by atoms with Gasteiger partial charge < -0.3 is 15.6 Å². The SMILES string of the molecule is NC(=O)C(=O)Nc1cn(-c2ccncc2)c2ccccc12. The lowest BCUT2D eigenvalue weighted by atomic mass is 10.2. The molecule has 0 spiro atoms. The van der Waals surface area contributed by atoms with Crippen LogP contribution in [0.5, 0.6) is 0 Å². The normalized spacial score (nSPS) is 10.5. The molecule has 0 radical (unpaired) electrons. The van der Waals surface area contributed by atoms with Gasteiger partial charge in [0.15, 0.2) is 0 Å². The van der Waals surface area contributed by atoms with Crippen molar-refractivity contribution >= 4 is 28.4 Å². The third-order valence-corrected chi connectivity index (χ3v) is 3.12. The molecule has 0 saturated carbocycles. The molecule has 3 rings (SSSR count). The van der Waals surface area contributed by atoms with Crippen LogP contribution in [0.1, 0.15) is 0 Å². The molecular formula is C15H12N4O2. The molecule has 3 N–H and O–H groups in total. The molecular weight excluding hydrogens is 268 g/mol. The van der Waals surface area contributed by atoms with E-state index >= 15 is 0 Å². The molecule has 0 unspecified atom stereocenters. The maximum Gasteiger partial charge on any atom is 0.313 e. The van der Waals surface area contributed by atoms with Crippen LogP contribution < -0.4 is 11.1 Å². The molecule has 6 heteroatoms. The highest BCUT2D eigenvalue weighted by molar-refractivity contribution is 6.39. The van der Waals surface area contributed by atoms with Crippen LogP contribution >= 0.6 is 0 Å². The molecule has 0 bridgehead atoms. The van der Waals surface area contributed by atoms with Gasteiger partial charge in [-0.05, 0) is 18.2 Å². The summed E-state index contributed by atoms with van der Waals surface area (Å²) in [5.74, 6) is -1.86. The number of primary amides is 1. The van der Waals surface area contributed by atoms with Crippen molar-refractivity contribution in [2.24, 2.45) is 5.73 Å². The number of hydrogen-bond donors (Lipinski definition) is 2. The van der Waals surface area contributed by atoms with E-state index < -0.39 is 11.8 Å². The zero-order chi connectivity index (χ0) is 14.8. The standard InChI is InChI=1S/C15H12N4O2/c16-14(20)15(21)18-12-9-19(10-5-7-17-8-6-10)13-4-2-1-3-11(12)13/h1-9H,(H2,16,20)(H,18,21). The maximum atomic E-state index is 11.5. The minimum atomic E-state index is -1.02. The molecule has 0 aliphatic carbocycles. The fourth-order valence-electron chi connectivity index (χ4n) is 2.18. The van der Waals surface area contributed by atoms with Gasteiger partial charge in [-0.15, -0.1) is 0 Å². The lowest BCUT2D eigenvalue weighted by molar-refractivity contribution is -0.134. The Balaban J connectivity index is 2.15. The van der Waals surface area contributed by atoms with Gasteiger partial charge in [0.1, 0.15) is 0 Å². The van der Waals surface area contributed by atoms with Crippen LogP contribution in [0.4, 0.5) is 5.69 Å². The number of carbonyl (C=O) groups excluding carboxylic acids is 2. The van der Waals surface area contributed by atoms with Crippen LogP contribution in [0.25, 0.3) is 16.6 Å². The summed E-state index contributed by atoms with van der Waals surface area (Å²) in [5.41, 5.74) is 7.32. The van der Waals surface area contributed by atoms with Crippen molar-refractivity contribution in [1.29, 1.82) is 0 Å². The molecule has 0 atom stereocenters. The fraction of sp³-hybridized carbons (Fsp3) is 0. The third kappa shape index (κ3) is 2.34. The van der Waals surface area contributed by atoms with Crippen molar-refractivity contribution in [3.05, 3.63) is 55.0 Å². The predicted molar refractivity (Wildman–Crippen MR) is 78.9 cm³/mol. The molecule has 2 amide bonds. The summed E-state index contributed by atoms with van der Waals surface area (Å²) in [4.78, 5) is 26.4. The van der Waals surface area contributed by atoms with Crippen LogP contribution in [0.2, 0.25) is 0 Å². The summed E-state index contributed by atoms with van der Waals surface area (Å²) in [6.45, 7) is 0. The van der Waals surface area contributed by atoms with Crippen LogP contribution in [-0.2, 0) is 9.59 Å². The maximum absolute atomic E-state index is 11.5. The Kier molecular flexibility index (Phi) is 3.12. The zero-order valence-electron chi connectivity index (χ0n) is 11.0. The summed E-state index contributed by atoms with van der Waals surface area (Å²) in [5, 5.41) is 3.35. The second-order valence-electron chi connectivity index (χ2n) is 4.45. The van der Waals surface area contributed by atoms with Crippen molar-refractivity contribution < 1.29 is 9.59 Å². The number of fused-ring (bicyclic) bond motifs is 1. The number of nitrogens with one attached hydrogen (secondary N) is 1. The highest BCUT2D eigenvalue weighted by Gasteiger charge is 2.14. The molecule has 0 aliphatic rings. The van der Waals surface area contributed by atoms with E-state index in [2.05, 4.69) is 10.3 Å². The molecule has 2 heterocycles. The highest BCUT2D eigenvalue weighted by Crippen LogP contribution is 2.28. The molecule has 3 aromatic rings. The van der Waals surface area contributed by atoms with Gasteiger partial charge in [-0.1, -0.05) is 18.2 Å². The number of carbonyl (C=O) groups is 2. The Morgan fingerprint density at radius 1 is 1.10 bits per heavy atom. The van der Waals surface area contributed by atoms with E-state index in [4.69, 9.17) is 5.73 Å². The molecule has 6 nitrogen and oxygen atoms in total. The quantitative estimate of drug-likeness (QED) is 0.696. The van der Waals surface area contributed by atoms with Gasteiger partial charge >= 0.3 is 11.8 Å². The lowest BCUT2D eigenvalue weighted by Gasteiger charge is -2.03. The second kappa shape index (κ2) is 5.09. The number of amides is 2. The van der Waals surface area contributed by atoms with Crippen molar-refractivity contribution in [3.8, 4) is 5.69 Å². The summed E-state index contributed by atoms with van der Waals surface area (Å²) in [6, 6.07) is 11.3. The molecule has 0 fully saturated rings. The summed E-state index contributed by atoms with van der Waals surface area (Å²) >= 11 is 0. The number of benzene rings is 1. The van der Waals surface area contributed by atoms with E-state index in [1.54, 1.807) is 18.6 Å².